The van der Waals surface area contributed by atoms with E-state index in [4.69, 9.17) is 11.6 Å². The molecule has 1 aliphatic rings. The van der Waals surface area contributed by atoms with Gasteiger partial charge in [0.05, 0.1) is 5.02 Å². The smallest absolute Gasteiger partial charge is 0.270 e. The van der Waals surface area contributed by atoms with Crippen LogP contribution in [0.2, 0.25) is 5.02 Å². The Balaban J connectivity index is 1.58. The summed E-state index contributed by atoms with van der Waals surface area (Å²) in [6, 6.07) is 5.81. The van der Waals surface area contributed by atoms with Crippen molar-refractivity contribution in [3.8, 4) is 0 Å². The van der Waals surface area contributed by atoms with Gasteiger partial charge in [0.2, 0.25) is 0 Å². The first-order valence-corrected chi connectivity index (χ1v) is 9.00. The van der Waals surface area contributed by atoms with Crippen LogP contribution in [-0.2, 0) is 0 Å². The van der Waals surface area contributed by atoms with Crippen LogP contribution in [0.3, 0.4) is 0 Å². The van der Waals surface area contributed by atoms with Gasteiger partial charge in [-0.1, -0.05) is 23.3 Å². The number of rotatable bonds is 6. The molecule has 2 N–H and O–H groups in total. The van der Waals surface area contributed by atoms with Crippen molar-refractivity contribution in [2.75, 3.05) is 11.9 Å². The summed E-state index contributed by atoms with van der Waals surface area (Å²) in [5, 5.41) is 5.88. The second-order valence-corrected chi connectivity index (χ2v) is 6.56. The maximum atomic E-state index is 13.2. The van der Waals surface area contributed by atoms with Crippen LogP contribution < -0.4 is 10.6 Å². The molecule has 0 fully saturated rings. The van der Waals surface area contributed by atoms with Gasteiger partial charge in [-0.25, -0.2) is 14.4 Å². The third kappa shape index (κ3) is 5.02. The van der Waals surface area contributed by atoms with Crippen LogP contribution in [0.1, 0.15) is 42.6 Å². The molecule has 0 saturated carbocycles. The van der Waals surface area contributed by atoms with Gasteiger partial charge in [0.15, 0.2) is 0 Å². The third-order valence-electron chi connectivity index (χ3n) is 4.21. The van der Waals surface area contributed by atoms with Crippen LogP contribution in [0.4, 0.5) is 15.9 Å². The lowest BCUT2D eigenvalue weighted by Gasteiger charge is -2.13. The summed E-state index contributed by atoms with van der Waals surface area (Å²) < 4.78 is 13.2. The Morgan fingerprint density at radius 3 is 2.88 bits per heavy atom. The molecule has 1 heterocycles. The van der Waals surface area contributed by atoms with E-state index in [-0.39, 0.29) is 16.6 Å². The lowest BCUT2D eigenvalue weighted by molar-refractivity contribution is 0.0949. The highest BCUT2D eigenvalue weighted by Gasteiger charge is 2.10. The summed E-state index contributed by atoms with van der Waals surface area (Å²) >= 11 is 5.77. The largest absolute Gasteiger partial charge is 0.350 e. The van der Waals surface area contributed by atoms with Gasteiger partial charge in [0, 0.05) is 18.3 Å². The van der Waals surface area contributed by atoms with E-state index in [9.17, 15) is 9.18 Å². The van der Waals surface area contributed by atoms with Crippen LogP contribution in [0.15, 0.2) is 42.2 Å². The second kappa shape index (κ2) is 8.76. The van der Waals surface area contributed by atoms with Gasteiger partial charge in [-0.15, -0.1) is 0 Å². The van der Waals surface area contributed by atoms with E-state index in [1.165, 1.54) is 36.9 Å². The molecular weight excluding hydrogens is 355 g/mol. The van der Waals surface area contributed by atoms with Gasteiger partial charge in [-0.2, -0.15) is 0 Å². The lowest BCUT2D eigenvalue weighted by Crippen LogP contribution is -2.26. The molecule has 0 atom stereocenters. The number of anilines is 2. The molecule has 2 aromatic rings. The quantitative estimate of drug-likeness (QED) is 0.723. The highest BCUT2D eigenvalue weighted by atomic mass is 35.5. The number of benzene rings is 1. The summed E-state index contributed by atoms with van der Waals surface area (Å²) in [4.78, 5) is 20.4. The molecule has 0 unspecified atom stereocenters. The molecule has 5 nitrogen and oxygen atoms in total. The zero-order valence-corrected chi connectivity index (χ0v) is 15.0. The second-order valence-electron chi connectivity index (χ2n) is 6.16. The monoisotopic (exact) mass is 374 g/mol. The molecule has 1 aliphatic carbocycles. The first-order chi connectivity index (χ1) is 12.6. The molecule has 0 spiro atoms. The zero-order valence-electron chi connectivity index (χ0n) is 14.3. The number of aromatic nitrogens is 2. The lowest BCUT2D eigenvalue weighted by atomic mass is 9.97. The standard InChI is InChI=1S/C19H20ClFN4O/c20-15-10-14(6-7-16(15)21)25-18-11-17(23-12-24-18)19(26)22-9-8-13-4-2-1-3-5-13/h4,6-7,10-12H,1-3,5,8-9H2,(H,22,26)(H,23,24,25). The average Bonchev–Trinajstić information content (AvgIpc) is 2.66. The summed E-state index contributed by atoms with van der Waals surface area (Å²) in [6.45, 7) is 0.588. The first-order valence-electron chi connectivity index (χ1n) is 8.62. The van der Waals surface area contributed by atoms with Crippen molar-refractivity contribution in [2.45, 2.75) is 32.1 Å². The van der Waals surface area contributed by atoms with Crippen molar-refractivity contribution >= 4 is 29.0 Å². The van der Waals surface area contributed by atoms with E-state index in [2.05, 4.69) is 26.7 Å². The van der Waals surface area contributed by atoms with E-state index >= 15 is 0 Å². The number of carbonyl (C=O) groups excluding carboxylic acids is 1. The Hall–Kier alpha value is -2.47. The molecule has 0 saturated heterocycles. The maximum Gasteiger partial charge on any atom is 0.270 e. The van der Waals surface area contributed by atoms with Gasteiger partial charge >= 0.3 is 0 Å². The maximum absolute atomic E-state index is 13.2. The molecule has 136 valence electrons. The topological polar surface area (TPSA) is 66.9 Å². The Morgan fingerprint density at radius 2 is 2.12 bits per heavy atom. The number of amides is 1. The van der Waals surface area contributed by atoms with Crippen LogP contribution >= 0.6 is 11.6 Å². The molecule has 26 heavy (non-hydrogen) atoms. The molecule has 3 rings (SSSR count). The molecular formula is C19H20ClFN4O. The highest BCUT2D eigenvalue weighted by Crippen LogP contribution is 2.22. The van der Waals surface area contributed by atoms with Gasteiger partial charge in [-0.05, 0) is 50.3 Å². The fourth-order valence-electron chi connectivity index (χ4n) is 2.83. The van der Waals surface area contributed by atoms with Crippen molar-refractivity contribution < 1.29 is 9.18 Å². The number of hydrogen-bond acceptors (Lipinski definition) is 4. The van der Waals surface area contributed by atoms with Crippen molar-refractivity contribution in [1.29, 1.82) is 0 Å². The van der Waals surface area contributed by atoms with Crippen molar-refractivity contribution in [3.05, 3.63) is 58.8 Å². The normalized spacial score (nSPS) is 13.8. The molecule has 1 amide bonds. The molecule has 0 bridgehead atoms. The van der Waals surface area contributed by atoms with E-state index in [0.29, 0.717) is 18.1 Å². The molecule has 0 aliphatic heterocycles. The van der Waals surface area contributed by atoms with E-state index in [1.807, 2.05) is 0 Å². The number of halogens is 2. The van der Waals surface area contributed by atoms with E-state index in [0.717, 1.165) is 19.3 Å². The van der Waals surface area contributed by atoms with Gasteiger partial charge in [0.25, 0.3) is 5.91 Å². The number of hydrogen-bond donors (Lipinski definition) is 2. The fraction of sp³-hybridized carbons (Fsp3) is 0.316. The van der Waals surface area contributed by atoms with Gasteiger partial charge in [0.1, 0.15) is 23.7 Å². The van der Waals surface area contributed by atoms with Crippen LogP contribution in [0.5, 0.6) is 0 Å². The number of nitrogens with zero attached hydrogens (tertiary/aromatic N) is 2. The predicted octanol–water partition coefficient (Wildman–Crippen LogP) is 4.63. The Bertz CT molecular complexity index is 825. The van der Waals surface area contributed by atoms with Crippen LogP contribution in [-0.4, -0.2) is 22.4 Å². The summed E-state index contributed by atoms with van der Waals surface area (Å²) in [7, 11) is 0. The average molecular weight is 375 g/mol. The third-order valence-corrected chi connectivity index (χ3v) is 4.50. The SMILES string of the molecule is O=C(NCCC1=CCCCC1)c1cc(Nc2ccc(F)c(Cl)c2)ncn1. The minimum absolute atomic E-state index is 0.0130. The fourth-order valence-corrected chi connectivity index (χ4v) is 3.01. The minimum atomic E-state index is -0.493. The summed E-state index contributed by atoms with van der Waals surface area (Å²) in [5.74, 6) is -0.306. The summed E-state index contributed by atoms with van der Waals surface area (Å²) in [6.07, 6.45) is 9.20. The number of carbonyl (C=O) groups is 1. The first kappa shape index (κ1) is 18.3. The molecule has 7 heteroatoms. The number of allylic oxidation sites excluding steroid dienone is 1. The highest BCUT2D eigenvalue weighted by molar-refractivity contribution is 6.31. The van der Waals surface area contributed by atoms with Crippen LogP contribution in [0.25, 0.3) is 0 Å². The van der Waals surface area contributed by atoms with Crippen LogP contribution in [0, 0.1) is 5.82 Å². The van der Waals surface area contributed by atoms with Crippen molar-refractivity contribution in [1.82, 2.24) is 15.3 Å². The zero-order chi connectivity index (χ0) is 18.4. The number of nitrogens with one attached hydrogen (secondary N) is 2. The minimum Gasteiger partial charge on any atom is -0.350 e. The Kier molecular flexibility index (Phi) is 6.17. The molecule has 1 aromatic carbocycles. The van der Waals surface area contributed by atoms with E-state index < -0.39 is 5.82 Å². The van der Waals surface area contributed by atoms with E-state index in [1.54, 1.807) is 12.1 Å². The van der Waals surface area contributed by atoms with Gasteiger partial charge in [-0.3, -0.25) is 4.79 Å². The van der Waals surface area contributed by atoms with Crippen molar-refractivity contribution in [3.63, 3.8) is 0 Å². The Labute approximate surface area is 156 Å². The van der Waals surface area contributed by atoms with Crippen molar-refractivity contribution in [2.24, 2.45) is 0 Å². The predicted molar refractivity (Wildman–Crippen MR) is 100 cm³/mol. The van der Waals surface area contributed by atoms with Gasteiger partial charge < -0.3 is 10.6 Å². The molecule has 0 radical (unpaired) electrons. The summed E-state index contributed by atoms with van der Waals surface area (Å²) in [5.41, 5.74) is 2.26. The Morgan fingerprint density at radius 1 is 1.23 bits per heavy atom. The molecule has 1 aromatic heterocycles.